The normalized spacial score (nSPS) is 10.1. The number of hydrogen-bond donors (Lipinski definition) is 0. The van der Waals surface area contributed by atoms with Crippen molar-refractivity contribution in [1.29, 1.82) is 0 Å². The van der Waals surface area contributed by atoms with Crippen molar-refractivity contribution in [3.8, 4) is 5.75 Å². The molecule has 0 spiro atoms. The summed E-state index contributed by atoms with van der Waals surface area (Å²) in [7, 11) is 0. The van der Waals surface area contributed by atoms with Gasteiger partial charge in [-0.15, -0.1) is 0 Å². The van der Waals surface area contributed by atoms with Crippen molar-refractivity contribution in [2.75, 3.05) is 0 Å². The Kier molecular flexibility index (Phi) is 3.24. The summed E-state index contributed by atoms with van der Waals surface area (Å²) >= 11 is 0. The van der Waals surface area contributed by atoms with E-state index in [9.17, 15) is 9.59 Å². The second kappa shape index (κ2) is 4.84. The van der Waals surface area contributed by atoms with Gasteiger partial charge in [-0.05, 0) is 24.4 Å². The molecule has 0 amide bonds. The lowest BCUT2D eigenvalue weighted by Gasteiger charge is -2.08. The number of benzene rings is 2. The molecule has 0 radical (unpaired) electrons. The van der Waals surface area contributed by atoms with E-state index in [1.165, 1.54) is 0 Å². The minimum atomic E-state index is -0.473. The molecule has 0 aliphatic rings. The Morgan fingerprint density at radius 3 is 2.44 bits per heavy atom. The molecule has 2 rings (SSSR count). The molecule has 0 unspecified atom stereocenters. The monoisotopic (exact) mass is 240 g/mol. The molecule has 0 aromatic heterocycles. The number of hydrogen-bond acceptors (Lipinski definition) is 3. The Morgan fingerprint density at radius 1 is 1.17 bits per heavy atom. The van der Waals surface area contributed by atoms with Crippen molar-refractivity contribution in [2.45, 2.75) is 6.92 Å². The highest BCUT2D eigenvalue weighted by molar-refractivity contribution is 6.02. The van der Waals surface area contributed by atoms with Gasteiger partial charge in [0.05, 0.1) is 0 Å². The molecule has 0 bridgehead atoms. The predicted molar refractivity (Wildman–Crippen MR) is 69.8 cm³/mol. The molecule has 0 aliphatic heterocycles. The molecule has 90 valence electrons. The van der Waals surface area contributed by atoms with Gasteiger partial charge in [0.15, 0.2) is 6.29 Å². The van der Waals surface area contributed by atoms with Crippen LogP contribution in [0.4, 0.5) is 0 Å². The van der Waals surface area contributed by atoms with E-state index in [-0.39, 0.29) is 0 Å². The van der Waals surface area contributed by atoms with E-state index >= 15 is 0 Å². The minimum Gasteiger partial charge on any atom is -0.423 e. The van der Waals surface area contributed by atoms with Gasteiger partial charge in [-0.2, -0.15) is 0 Å². The number of ether oxygens (including phenoxy) is 1. The number of carbonyl (C=O) groups is 2. The summed E-state index contributed by atoms with van der Waals surface area (Å²) < 4.78 is 5.23. The molecule has 0 aliphatic carbocycles. The molecule has 2 aromatic carbocycles. The fourth-order valence-corrected chi connectivity index (χ4v) is 1.67. The number of aldehydes is 1. The Labute approximate surface area is 105 Å². The Bertz CT molecular complexity index is 641. The predicted octanol–water partition coefficient (Wildman–Crippen LogP) is 3.13. The molecule has 3 nitrogen and oxygen atoms in total. The number of rotatable bonds is 3. The zero-order chi connectivity index (χ0) is 13.1. The summed E-state index contributed by atoms with van der Waals surface area (Å²) in [5.74, 6) is -0.0387. The van der Waals surface area contributed by atoms with Crippen LogP contribution >= 0.6 is 0 Å². The van der Waals surface area contributed by atoms with Crippen LogP contribution < -0.4 is 4.74 Å². The van der Waals surface area contributed by atoms with Gasteiger partial charge in [0.25, 0.3) is 0 Å². The van der Waals surface area contributed by atoms with Crippen molar-refractivity contribution in [1.82, 2.24) is 0 Å². The number of fused-ring (bicyclic) bond motifs is 1. The Morgan fingerprint density at radius 2 is 1.83 bits per heavy atom. The van der Waals surface area contributed by atoms with Crippen molar-refractivity contribution in [2.24, 2.45) is 0 Å². The fraction of sp³-hybridized carbons (Fsp3) is 0.0667. The van der Waals surface area contributed by atoms with Crippen LogP contribution in [-0.2, 0) is 4.79 Å². The molecule has 0 atom stereocenters. The van der Waals surface area contributed by atoms with E-state index < -0.39 is 5.97 Å². The average molecular weight is 240 g/mol. The summed E-state index contributed by atoms with van der Waals surface area (Å²) in [5, 5.41) is 1.50. The van der Waals surface area contributed by atoms with Gasteiger partial charge in [-0.1, -0.05) is 30.8 Å². The zero-order valence-electron chi connectivity index (χ0n) is 9.97. The van der Waals surface area contributed by atoms with Crippen LogP contribution in [-0.4, -0.2) is 12.3 Å². The van der Waals surface area contributed by atoms with Crippen molar-refractivity contribution < 1.29 is 14.3 Å². The highest BCUT2D eigenvalue weighted by Crippen LogP contribution is 2.28. The van der Waals surface area contributed by atoms with Crippen LogP contribution in [0, 0.1) is 0 Å². The summed E-state index contributed by atoms with van der Waals surface area (Å²) in [6, 6.07) is 10.5. The van der Waals surface area contributed by atoms with Crippen LogP contribution in [0.1, 0.15) is 17.3 Å². The highest BCUT2D eigenvalue weighted by Gasteiger charge is 2.10. The Balaban J connectivity index is 2.56. The SMILES string of the molecule is C=C(C)C(=O)Oc1ccc(C=O)c2ccccc12. The maximum Gasteiger partial charge on any atom is 0.338 e. The molecule has 0 saturated carbocycles. The molecule has 0 N–H and O–H groups in total. The first-order valence-corrected chi connectivity index (χ1v) is 5.48. The van der Waals surface area contributed by atoms with Gasteiger partial charge in [-0.3, -0.25) is 4.79 Å². The fourth-order valence-electron chi connectivity index (χ4n) is 1.67. The molecule has 0 saturated heterocycles. The summed E-state index contributed by atoms with van der Waals surface area (Å²) in [6.45, 7) is 5.12. The lowest BCUT2D eigenvalue weighted by molar-refractivity contribution is -0.129. The van der Waals surface area contributed by atoms with E-state index in [2.05, 4.69) is 6.58 Å². The average Bonchev–Trinajstić information content (AvgIpc) is 2.39. The van der Waals surface area contributed by atoms with E-state index in [0.717, 1.165) is 17.1 Å². The molecule has 0 fully saturated rings. The number of carbonyl (C=O) groups excluding carboxylic acids is 2. The van der Waals surface area contributed by atoms with E-state index in [1.807, 2.05) is 24.3 Å². The Hall–Kier alpha value is -2.42. The van der Waals surface area contributed by atoms with Gasteiger partial charge in [-0.25, -0.2) is 4.79 Å². The third-order valence-electron chi connectivity index (χ3n) is 2.60. The first kappa shape index (κ1) is 12.0. The molecular weight excluding hydrogens is 228 g/mol. The smallest absolute Gasteiger partial charge is 0.338 e. The maximum absolute atomic E-state index is 11.5. The van der Waals surface area contributed by atoms with Crippen molar-refractivity contribution in [3.05, 3.63) is 54.1 Å². The van der Waals surface area contributed by atoms with Crippen molar-refractivity contribution >= 4 is 23.0 Å². The van der Waals surface area contributed by atoms with Gasteiger partial charge < -0.3 is 4.74 Å². The lowest BCUT2D eigenvalue weighted by Crippen LogP contribution is -2.08. The van der Waals surface area contributed by atoms with Gasteiger partial charge in [0.1, 0.15) is 5.75 Å². The summed E-state index contributed by atoms with van der Waals surface area (Å²) in [6.07, 6.45) is 0.784. The van der Waals surface area contributed by atoms with E-state index in [1.54, 1.807) is 19.1 Å². The third-order valence-corrected chi connectivity index (χ3v) is 2.60. The first-order chi connectivity index (χ1) is 8.63. The molecular formula is C15H12O3. The van der Waals surface area contributed by atoms with Gasteiger partial charge in [0.2, 0.25) is 0 Å². The summed E-state index contributed by atoms with van der Waals surface area (Å²) in [5.41, 5.74) is 0.902. The first-order valence-electron chi connectivity index (χ1n) is 5.48. The van der Waals surface area contributed by atoms with E-state index in [4.69, 9.17) is 4.74 Å². The highest BCUT2D eigenvalue weighted by atomic mass is 16.5. The third kappa shape index (κ3) is 2.15. The largest absolute Gasteiger partial charge is 0.423 e. The molecule has 0 heterocycles. The minimum absolute atomic E-state index is 0.332. The summed E-state index contributed by atoms with van der Waals surface area (Å²) in [4.78, 5) is 22.5. The second-order valence-electron chi connectivity index (χ2n) is 3.99. The van der Waals surface area contributed by atoms with E-state index in [0.29, 0.717) is 16.9 Å². The van der Waals surface area contributed by atoms with Gasteiger partial charge in [0, 0.05) is 16.5 Å². The quantitative estimate of drug-likeness (QED) is 0.358. The van der Waals surface area contributed by atoms with Crippen LogP contribution in [0.2, 0.25) is 0 Å². The van der Waals surface area contributed by atoms with Crippen LogP contribution in [0.15, 0.2) is 48.6 Å². The van der Waals surface area contributed by atoms with Crippen LogP contribution in [0.25, 0.3) is 10.8 Å². The molecule has 18 heavy (non-hydrogen) atoms. The maximum atomic E-state index is 11.5. The topological polar surface area (TPSA) is 43.4 Å². The standard InChI is InChI=1S/C15H12O3/c1-10(2)15(17)18-14-8-7-11(9-16)12-5-3-4-6-13(12)14/h3-9H,1H2,2H3. The second-order valence-corrected chi connectivity index (χ2v) is 3.99. The zero-order valence-corrected chi connectivity index (χ0v) is 9.97. The number of esters is 1. The lowest BCUT2D eigenvalue weighted by atomic mass is 10.0. The molecule has 2 aromatic rings. The van der Waals surface area contributed by atoms with Crippen LogP contribution in [0.5, 0.6) is 5.75 Å². The van der Waals surface area contributed by atoms with Crippen LogP contribution in [0.3, 0.4) is 0 Å². The van der Waals surface area contributed by atoms with Crippen molar-refractivity contribution in [3.63, 3.8) is 0 Å². The van der Waals surface area contributed by atoms with Gasteiger partial charge >= 0.3 is 5.97 Å². The molecule has 3 heteroatoms.